The van der Waals surface area contributed by atoms with Crippen molar-refractivity contribution in [2.75, 3.05) is 6.54 Å². The van der Waals surface area contributed by atoms with E-state index in [0.29, 0.717) is 12.4 Å². The van der Waals surface area contributed by atoms with Gasteiger partial charge in [-0.25, -0.2) is 0 Å². The maximum atomic E-state index is 5.80. The first-order chi connectivity index (χ1) is 7.31. The lowest BCUT2D eigenvalue weighted by molar-refractivity contribution is 1.12. The van der Waals surface area contributed by atoms with Crippen LogP contribution in [0.3, 0.4) is 0 Å². The Hall–Kier alpha value is -1.97. The van der Waals surface area contributed by atoms with Crippen LogP contribution in [0.1, 0.15) is 12.5 Å². The number of aromatic nitrogens is 2. The number of rotatable bonds is 2. The standard InChI is InChI=1S/C11H12N4/c1-2-13-11(12)8-3-4-9-10(7-8)15-6-5-14-9/h3-7H,2H2,1H3,(H2,12,13). The van der Waals surface area contributed by atoms with Crippen molar-refractivity contribution >= 4 is 16.9 Å². The van der Waals surface area contributed by atoms with Crippen molar-refractivity contribution in [1.82, 2.24) is 9.97 Å². The molecular weight excluding hydrogens is 188 g/mol. The summed E-state index contributed by atoms with van der Waals surface area (Å²) in [4.78, 5) is 12.5. The molecule has 2 rings (SSSR count). The van der Waals surface area contributed by atoms with Gasteiger partial charge < -0.3 is 5.73 Å². The number of nitrogens with zero attached hydrogens (tertiary/aromatic N) is 3. The Morgan fingerprint density at radius 1 is 1.27 bits per heavy atom. The van der Waals surface area contributed by atoms with Gasteiger partial charge in [-0.3, -0.25) is 15.0 Å². The van der Waals surface area contributed by atoms with Gasteiger partial charge in [-0.05, 0) is 25.1 Å². The molecule has 2 N–H and O–H groups in total. The summed E-state index contributed by atoms with van der Waals surface area (Å²) in [5.41, 5.74) is 8.40. The van der Waals surface area contributed by atoms with Gasteiger partial charge in [0.15, 0.2) is 0 Å². The molecule has 0 atom stereocenters. The molecule has 0 amide bonds. The summed E-state index contributed by atoms with van der Waals surface area (Å²) in [6.45, 7) is 2.64. The molecule has 0 aliphatic heterocycles. The van der Waals surface area contributed by atoms with Crippen molar-refractivity contribution in [2.45, 2.75) is 6.92 Å². The van der Waals surface area contributed by atoms with E-state index in [1.165, 1.54) is 0 Å². The SMILES string of the molecule is CCN=C(N)c1ccc2nccnc2c1. The van der Waals surface area contributed by atoms with Gasteiger partial charge in [0.1, 0.15) is 5.84 Å². The molecule has 0 bridgehead atoms. The minimum Gasteiger partial charge on any atom is -0.384 e. The van der Waals surface area contributed by atoms with Crippen LogP contribution in [0.4, 0.5) is 0 Å². The largest absolute Gasteiger partial charge is 0.384 e. The molecule has 2 aromatic rings. The van der Waals surface area contributed by atoms with E-state index >= 15 is 0 Å². The minimum atomic E-state index is 0.546. The Bertz CT molecular complexity index is 505. The Kier molecular flexibility index (Phi) is 2.58. The fraction of sp³-hybridized carbons (Fsp3) is 0.182. The molecule has 4 nitrogen and oxygen atoms in total. The fourth-order valence-electron chi connectivity index (χ4n) is 1.38. The van der Waals surface area contributed by atoms with E-state index in [1.54, 1.807) is 12.4 Å². The fourth-order valence-corrected chi connectivity index (χ4v) is 1.38. The average molecular weight is 200 g/mol. The highest BCUT2D eigenvalue weighted by Crippen LogP contribution is 2.10. The van der Waals surface area contributed by atoms with E-state index in [1.807, 2.05) is 25.1 Å². The van der Waals surface area contributed by atoms with Crippen molar-refractivity contribution < 1.29 is 0 Å². The molecule has 1 aromatic heterocycles. The summed E-state index contributed by atoms with van der Waals surface area (Å²) in [6, 6.07) is 5.71. The molecule has 15 heavy (non-hydrogen) atoms. The third kappa shape index (κ3) is 1.93. The molecule has 1 heterocycles. The summed E-state index contributed by atoms with van der Waals surface area (Å²) in [5, 5.41) is 0. The van der Waals surface area contributed by atoms with Crippen molar-refractivity contribution in [3.8, 4) is 0 Å². The van der Waals surface area contributed by atoms with Gasteiger partial charge in [-0.15, -0.1) is 0 Å². The van der Waals surface area contributed by atoms with Gasteiger partial charge >= 0.3 is 0 Å². The second kappa shape index (κ2) is 4.04. The molecular formula is C11H12N4. The monoisotopic (exact) mass is 200 g/mol. The van der Waals surface area contributed by atoms with Gasteiger partial charge in [-0.2, -0.15) is 0 Å². The minimum absolute atomic E-state index is 0.546. The average Bonchev–Trinajstić information content (AvgIpc) is 2.29. The summed E-state index contributed by atoms with van der Waals surface area (Å²) in [6.07, 6.45) is 3.34. The number of amidine groups is 1. The molecule has 0 spiro atoms. The van der Waals surface area contributed by atoms with Crippen LogP contribution < -0.4 is 5.73 Å². The normalized spacial score (nSPS) is 11.9. The van der Waals surface area contributed by atoms with Gasteiger partial charge in [-0.1, -0.05) is 0 Å². The van der Waals surface area contributed by atoms with Gasteiger partial charge in [0, 0.05) is 24.5 Å². The quantitative estimate of drug-likeness (QED) is 0.588. The van der Waals surface area contributed by atoms with Crippen molar-refractivity contribution in [2.24, 2.45) is 10.7 Å². The van der Waals surface area contributed by atoms with Crippen LogP contribution in [-0.4, -0.2) is 22.3 Å². The number of hydrogen-bond donors (Lipinski definition) is 1. The highest BCUT2D eigenvalue weighted by molar-refractivity contribution is 5.99. The van der Waals surface area contributed by atoms with Gasteiger partial charge in [0.2, 0.25) is 0 Å². The lowest BCUT2D eigenvalue weighted by Gasteiger charge is -2.01. The zero-order valence-corrected chi connectivity index (χ0v) is 8.51. The Labute approximate surface area is 87.9 Å². The highest BCUT2D eigenvalue weighted by Gasteiger charge is 2.00. The molecule has 0 aliphatic carbocycles. The van der Waals surface area contributed by atoms with Crippen molar-refractivity contribution in [1.29, 1.82) is 0 Å². The number of aliphatic imine (C=N–C) groups is 1. The van der Waals surface area contributed by atoms with E-state index in [2.05, 4.69) is 15.0 Å². The van der Waals surface area contributed by atoms with E-state index in [0.717, 1.165) is 16.6 Å². The molecule has 4 heteroatoms. The second-order valence-corrected chi connectivity index (χ2v) is 3.12. The number of fused-ring (bicyclic) bond motifs is 1. The van der Waals surface area contributed by atoms with Gasteiger partial charge in [0.25, 0.3) is 0 Å². The topological polar surface area (TPSA) is 64.2 Å². The maximum absolute atomic E-state index is 5.80. The third-order valence-electron chi connectivity index (χ3n) is 2.09. The first-order valence-corrected chi connectivity index (χ1v) is 4.82. The van der Waals surface area contributed by atoms with Crippen molar-refractivity contribution in [3.05, 3.63) is 36.2 Å². The van der Waals surface area contributed by atoms with Gasteiger partial charge in [0.05, 0.1) is 11.0 Å². The summed E-state index contributed by atoms with van der Waals surface area (Å²) < 4.78 is 0. The van der Waals surface area contributed by atoms with Crippen LogP contribution in [0.5, 0.6) is 0 Å². The Balaban J connectivity index is 2.51. The lowest BCUT2D eigenvalue weighted by Crippen LogP contribution is -2.13. The predicted molar refractivity (Wildman–Crippen MR) is 60.8 cm³/mol. The number of benzene rings is 1. The van der Waals surface area contributed by atoms with E-state index < -0.39 is 0 Å². The molecule has 0 fully saturated rings. The lowest BCUT2D eigenvalue weighted by atomic mass is 10.2. The molecule has 0 radical (unpaired) electrons. The summed E-state index contributed by atoms with van der Waals surface area (Å²) >= 11 is 0. The molecule has 0 saturated heterocycles. The highest BCUT2D eigenvalue weighted by atomic mass is 14.8. The summed E-state index contributed by atoms with van der Waals surface area (Å²) in [7, 11) is 0. The molecule has 0 saturated carbocycles. The zero-order chi connectivity index (χ0) is 10.7. The van der Waals surface area contributed by atoms with Crippen LogP contribution >= 0.6 is 0 Å². The van der Waals surface area contributed by atoms with E-state index in [4.69, 9.17) is 5.73 Å². The van der Waals surface area contributed by atoms with E-state index in [9.17, 15) is 0 Å². The molecule has 0 unspecified atom stereocenters. The zero-order valence-electron chi connectivity index (χ0n) is 8.51. The Morgan fingerprint density at radius 3 is 2.73 bits per heavy atom. The first-order valence-electron chi connectivity index (χ1n) is 4.82. The van der Waals surface area contributed by atoms with Crippen LogP contribution in [0.15, 0.2) is 35.6 Å². The van der Waals surface area contributed by atoms with E-state index in [-0.39, 0.29) is 0 Å². The Morgan fingerprint density at radius 2 is 2.00 bits per heavy atom. The third-order valence-corrected chi connectivity index (χ3v) is 2.09. The molecule has 0 aliphatic rings. The maximum Gasteiger partial charge on any atom is 0.125 e. The smallest absolute Gasteiger partial charge is 0.125 e. The van der Waals surface area contributed by atoms with Crippen molar-refractivity contribution in [3.63, 3.8) is 0 Å². The van der Waals surface area contributed by atoms with Crippen LogP contribution in [0.2, 0.25) is 0 Å². The second-order valence-electron chi connectivity index (χ2n) is 3.12. The van der Waals surface area contributed by atoms with Crippen LogP contribution in [0, 0.1) is 0 Å². The summed E-state index contributed by atoms with van der Waals surface area (Å²) in [5.74, 6) is 0.546. The predicted octanol–water partition coefficient (Wildman–Crippen LogP) is 1.36. The number of hydrogen-bond acceptors (Lipinski definition) is 3. The van der Waals surface area contributed by atoms with Crippen LogP contribution in [-0.2, 0) is 0 Å². The first kappa shape index (κ1) is 9.58. The van der Waals surface area contributed by atoms with Crippen LogP contribution in [0.25, 0.3) is 11.0 Å². The number of nitrogens with two attached hydrogens (primary N) is 1. The molecule has 76 valence electrons. The molecule has 1 aromatic carbocycles.